The highest BCUT2D eigenvalue weighted by Gasteiger charge is 2.10. The summed E-state index contributed by atoms with van der Waals surface area (Å²) in [5.41, 5.74) is 5.26. The van der Waals surface area contributed by atoms with Crippen LogP contribution in [0.3, 0.4) is 0 Å². The molecule has 3 atom stereocenters. The molecule has 0 spiro atoms. The second-order valence-corrected chi connectivity index (χ2v) is 3.37. The SMILES string of the molecule is C=CC(O)O[PH](=O)C(N)C=C. The largest absolute Gasteiger partial charge is 0.364 e. The summed E-state index contributed by atoms with van der Waals surface area (Å²) in [5.74, 6) is -0.713. The van der Waals surface area contributed by atoms with E-state index in [1.807, 2.05) is 0 Å². The first-order valence-corrected chi connectivity index (χ1v) is 4.40. The summed E-state index contributed by atoms with van der Waals surface area (Å²) in [6.07, 6.45) is 1.21. The third-order valence-corrected chi connectivity index (χ3v) is 2.22. The molecule has 4 nitrogen and oxygen atoms in total. The van der Waals surface area contributed by atoms with Crippen LogP contribution in [0, 0.1) is 0 Å². The highest BCUT2D eigenvalue weighted by Crippen LogP contribution is 2.27. The van der Waals surface area contributed by atoms with Crippen molar-refractivity contribution in [2.75, 3.05) is 0 Å². The molecule has 0 aliphatic carbocycles. The molecule has 0 aromatic rings. The predicted octanol–water partition coefficient (Wildman–Crippen LogP) is 0.453. The van der Waals surface area contributed by atoms with Gasteiger partial charge in [-0.3, -0.25) is 9.09 Å². The van der Waals surface area contributed by atoms with Crippen molar-refractivity contribution in [2.24, 2.45) is 5.73 Å². The van der Waals surface area contributed by atoms with Gasteiger partial charge in [0.05, 0.1) is 5.78 Å². The number of hydrogen-bond acceptors (Lipinski definition) is 4. The van der Waals surface area contributed by atoms with Gasteiger partial charge in [-0.15, -0.1) is 6.58 Å². The van der Waals surface area contributed by atoms with E-state index in [1.54, 1.807) is 0 Å². The van der Waals surface area contributed by atoms with Gasteiger partial charge in [0.1, 0.15) is 0 Å². The molecule has 5 heteroatoms. The van der Waals surface area contributed by atoms with E-state index in [-0.39, 0.29) is 0 Å². The normalized spacial score (nSPS) is 18.4. The monoisotopic (exact) mass is 177 g/mol. The Bertz CT molecular complexity index is 171. The lowest BCUT2D eigenvalue weighted by Crippen LogP contribution is -2.14. The Morgan fingerprint density at radius 1 is 1.55 bits per heavy atom. The van der Waals surface area contributed by atoms with Gasteiger partial charge in [-0.05, 0) is 6.08 Å². The van der Waals surface area contributed by atoms with Gasteiger partial charge >= 0.3 is 0 Å². The van der Waals surface area contributed by atoms with Gasteiger partial charge in [-0.2, -0.15) is 0 Å². The van der Waals surface area contributed by atoms with Crippen molar-refractivity contribution >= 4 is 8.03 Å². The average molecular weight is 177 g/mol. The van der Waals surface area contributed by atoms with Gasteiger partial charge < -0.3 is 10.8 Å². The summed E-state index contributed by atoms with van der Waals surface area (Å²) in [6, 6.07) is 0. The van der Waals surface area contributed by atoms with Crippen LogP contribution in [0.4, 0.5) is 0 Å². The van der Waals surface area contributed by atoms with Gasteiger partial charge in [0.25, 0.3) is 0 Å². The van der Waals surface area contributed by atoms with Crippen molar-refractivity contribution < 1.29 is 14.2 Å². The zero-order chi connectivity index (χ0) is 8.85. The van der Waals surface area contributed by atoms with Crippen LogP contribution in [-0.4, -0.2) is 17.2 Å². The quantitative estimate of drug-likeness (QED) is 0.363. The molecule has 0 rings (SSSR count). The maximum absolute atomic E-state index is 10.9. The number of hydrogen-bond donors (Lipinski definition) is 2. The Morgan fingerprint density at radius 3 is 2.45 bits per heavy atom. The zero-order valence-corrected chi connectivity index (χ0v) is 7.06. The summed E-state index contributed by atoms with van der Waals surface area (Å²) in [5, 5.41) is 8.77. The molecule has 0 saturated heterocycles. The Morgan fingerprint density at radius 2 is 2.09 bits per heavy atom. The highest BCUT2D eigenvalue weighted by atomic mass is 31.1. The molecule has 0 aromatic carbocycles. The van der Waals surface area contributed by atoms with Gasteiger partial charge in [-0.1, -0.05) is 12.7 Å². The molecule has 3 N–H and O–H groups in total. The Kier molecular flexibility index (Phi) is 5.07. The summed E-state index contributed by atoms with van der Waals surface area (Å²) in [6.45, 7) is 6.56. The smallest absolute Gasteiger partial charge is 0.214 e. The summed E-state index contributed by atoms with van der Waals surface area (Å²) in [4.78, 5) is 0. The molecule has 0 amide bonds. The maximum atomic E-state index is 10.9. The first-order valence-electron chi connectivity index (χ1n) is 3.01. The number of aliphatic hydroxyl groups is 1. The first kappa shape index (κ1) is 10.6. The highest BCUT2D eigenvalue weighted by molar-refractivity contribution is 7.40. The van der Waals surface area contributed by atoms with Crippen molar-refractivity contribution in [3.05, 3.63) is 25.3 Å². The van der Waals surface area contributed by atoms with Gasteiger partial charge in [0.15, 0.2) is 6.29 Å². The molecule has 0 saturated carbocycles. The molecule has 3 unspecified atom stereocenters. The van der Waals surface area contributed by atoms with Crippen LogP contribution in [0.15, 0.2) is 25.3 Å². The van der Waals surface area contributed by atoms with Crippen LogP contribution in [0.5, 0.6) is 0 Å². The van der Waals surface area contributed by atoms with Crippen molar-refractivity contribution in [3.8, 4) is 0 Å². The predicted molar refractivity (Wildman–Crippen MR) is 44.5 cm³/mol. The molecule has 0 heterocycles. The van der Waals surface area contributed by atoms with Crippen LogP contribution >= 0.6 is 8.03 Å². The average Bonchev–Trinajstić information content (AvgIpc) is 2.02. The zero-order valence-electron chi connectivity index (χ0n) is 6.06. The fraction of sp³-hybridized carbons (Fsp3) is 0.333. The second-order valence-electron chi connectivity index (χ2n) is 1.82. The number of aliphatic hydroxyl groups excluding tert-OH is 1. The van der Waals surface area contributed by atoms with Crippen molar-refractivity contribution in [1.29, 1.82) is 0 Å². The molecule has 0 aliphatic rings. The Hall–Kier alpha value is -0.410. The van der Waals surface area contributed by atoms with E-state index in [0.717, 1.165) is 6.08 Å². The lowest BCUT2D eigenvalue weighted by Gasteiger charge is -2.09. The van der Waals surface area contributed by atoms with E-state index < -0.39 is 20.1 Å². The van der Waals surface area contributed by atoms with Crippen molar-refractivity contribution in [3.63, 3.8) is 0 Å². The van der Waals surface area contributed by atoms with Crippen molar-refractivity contribution in [1.82, 2.24) is 0 Å². The lowest BCUT2D eigenvalue weighted by atomic mass is 10.6. The third kappa shape index (κ3) is 4.11. The van der Waals surface area contributed by atoms with Crippen LogP contribution in [0.2, 0.25) is 0 Å². The molecular weight excluding hydrogens is 165 g/mol. The van der Waals surface area contributed by atoms with E-state index in [0.29, 0.717) is 0 Å². The minimum absolute atomic E-state index is 0.713. The lowest BCUT2D eigenvalue weighted by molar-refractivity contribution is 0.0315. The van der Waals surface area contributed by atoms with E-state index in [9.17, 15) is 4.57 Å². The minimum atomic E-state index is -2.44. The Balaban J connectivity index is 3.86. The van der Waals surface area contributed by atoms with Crippen LogP contribution in [0.25, 0.3) is 0 Å². The fourth-order valence-corrected chi connectivity index (χ4v) is 1.03. The molecule has 0 aromatic heterocycles. The van der Waals surface area contributed by atoms with Crippen molar-refractivity contribution in [2.45, 2.75) is 12.1 Å². The third-order valence-electron chi connectivity index (χ3n) is 0.965. The van der Waals surface area contributed by atoms with E-state index in [2.05, 4.69) is 17.7 Å². The molecule has 64 valence electrons. The summed E-state index contributed by atoms with van der Waals surface area (Å²) < 4.78 is 15.4. The van der Waals surface area contributed by atoms with Crippen LogP contribution in [0.1, 0.15) is 0 Å². The van der Waals surface area contributed by atoms with E-state index >= 15 is 0 Å². The van der Waals surface area contributed by atoms with Gasteiger partial charge in [0, 0.05) is 0 Å². The minimum Gasteiger partial charge on any atom is -0.364 e. The van der Waals surface area contributed by atoms with Gasteiger partial charge in [0.2, 0.25) is 8.03 Å². The number of nitrogens with two attached hydrogens (primary N) is 1. The topological polar surface area (TPSA) is 72.5 Å². The standard InChI is InChI=1S/C6H12NO3P/c1-3-5(7)11(9)10-6(8)4-2/h3-6,8,11H,1-2,7H2. The number of rotatable bonds is 5. The summed E-state index contributed by atoms with van der Waals surface area (Å²) >= 11 is 0. The Labute approximate surface area is 66.2 Å². The molecular formula is C6H12NO3P. The molecule has 0 aliphatic heterocycles. The fourth-order valence-electron chi connectivity index (χ4n) is 0.342. The first-order chi connectivity index (χ1) is 5.11. The molecule has 0 fully saturated rings. The summed E-state index contributed by atoms with van der Waals surface area (Å²) in [7, 11) is -2.44. The van der Waals surface area contributed by atoms with E-state index in [4.69, 9.17) is 10.8 Å². The van der Waals surface area contributed by atoms with Crippen LogP contribution < -0.4 is 5.73 Å². The second kappa shape index (κ2) is 5.27. The molecule has 0 bridgehead atoms. The van der Waals surface area contributed by atoms with Gasteiger partial charge in [-0.25, -0.2) is 0 Å². The van der Waals surface area contributed by atoms with Crippen LogP contribution in [-0.2, 0) is 9.09 Å². The molecule has 0 radical (unpaired) electrons. The van der Waals surface area contributed by atoms with E-state index in [1.165, 1.54) is 6.08 Å². The maximum Gasteiger partial charge on any atom is 0.214 e. The molecule has 11 heavy (non-hydrogen) atoms.